The third-order valence-electron chi connectivity index (χ3n) is 1.77. The summed E-state index contributed by atoms with van der Waals surface area (Å²) in [6.07, 6.45) is 0. The minimum atomic E-state index is -0.529. The van der Waals surface area contributed by atoms with Gasteiger partial charge < -0.3 is 5.21 Å². The van der Waals surface area contributed by atoms with Crippen LogP contribution in [0.2, 0.25) is 5.02 Å². The molecule has 72 valence electrons. The lowest BCUT2D eigenvalue weighted by Crippen LogP contribution is -2.19. The molecule has 1 N–H and O–H groups in total. The fraction of sp³-hybridized carbons (Fsp3) is 0. The van der Waals surface area contributed by atoms with E-state index in [0.717, 1.165) is 0 Å². The Morgan fingerprint density at radius 3 is 2.93 bits per heavy atom. The fourth-order valence-corrected chi connectivity index (χ4v) is 1.64. The molecule has 1 aromatic carbocycles. The van der Waals surface area contributed by atoms with E-state index in [-0.39, 0.29) is 4.73 Å². The van der Waals surface area contributed by atoms with Gasteiger partial charge in [0.05, 0.1) is 10.9 Å². The maximum atomic E-state index is 11.5. The highest BCUT2D eigenvalue weighted by atomic mass is 79.9. The number of rotatable bonds is 0. The van der Waals surface area contributed by atoms with Gasteiger partial charge in [0.15, 0.2) is 0 Å². The van der Waals surface area contributed by atoms with E-state index in [9.17, 15) is 10.0 Å². The molecule has 0 aliphatic heterocycles. The van der Waals surface area contributed by atoms with Crippen LogP contribution in [0.25, 0.3) is 10.9 Å². The molecule has 0 saturated heterocycles. The molecular formula is C8H4BrClN2O2. The smallest absolute Gasteiger partial charge is 0.294 e. The predicted molar refractivity (Wildman–Crippen MR) is 55.9 cm³/mol. The normalized spacial score (nSPS) is 10.7. The monoisotopic (exact) mass is 274 g/mol. The molecule has 0 aliphatic rings. The van der Waals surface area contributed by atoms with Gasteiger partial charge in [-0.1, -0.05) is 11.6 Å². The van der Waals surface area contributed by atoms with Crippen LogP contribution in [0.15, 0.2) is 27.7 Å². The Labute approximate surface area is 91.8 Å². The second-order valence-electron chi connectivity index (χ2n) is 2.66. The number of aromatic nitrogens is 2. The maximum Gasteiger partial charge on any atom is 0.294 e. The van der Waals surface area contributed by atoms with Crippen molar-refractivity contribution in [1.29, 1.82) is 0 Å². The summed E-state index contributed by atoms with van der Waals surface area (Å²) in [5.41, 5.74) is -0.0850. The van der Waals surface area contributed by atoms with Gasteiger partial charge >= 0.3 is 0 Å². The largest absolute Gasteiger partial charge is 0.423 e. The summed E-state index contributed by atoms with van der Waals surface area (Å²) in [7, 11) is 0. The molecule has 0 radical (unpaired) electrons. The van der Waals surface area contributed by atoms with Crippen molar-refractivity contribution in [3.63, 3.8) is 0 Å². The van der Waals surface area contributed by atoms with Crippen LogP contribution < -0.4 is 5.56 Å². The number of fused-ring (bicyclic) bond motifs is 1. The first kappa shape index (κ1) is 9.48. The van der Waals surface area contributed by atoms with Crippen molar-refractivity contribution in [3.8, 4) is 0 Å². The Bertz CT molecular complexity index is 567. The first-order valence-corrected chi connectivity index (χ1v) is 4.84. The molecule has 2 rings (SSSR count). The molecule has 0 bridgehead atoms. The Hall–Kier alpha value is -1.07. The number of hydrogen-bond donors (Lipinski definition) is 1. The fourth-order valence-electron chi connectivity index (χ4n) is 1.12. The predicted octanol–water partition coefficient (Wildman–Crippen LogP) is 2.05. The van der Waals surface area contributed by atoms with E-state index in [4.69, 9.17) is 11.6 Å². The molecule has 0 aliphatic carbocycles. The standard InChI is InChI=1S/C8H4BrClN2O2/c9-8-11-6-3-4(10)1-2-5(6)7(13)12(8)14/h1-3,14H. The van der Waals surface area contributed by atoms with Crippen molar-refractivity contribution in [3.05, 3.63) is 38.3 Å². The molecule has 0 atom stereocenters. The van der Waals surface area contributed by atoms with Gasteiger partial charge in [-0.25, -0.2) is 4.98 Å². The highest BCUT2D eigenvalue weighted by molar-refractivity contribution is 9.10. The summed E-state index contributed by atoms with van der Waals surface area (Å²) in [6, 6.07) is 4.65. The van der Waals surface area contributed by atoms with Crippen LogP contribution in [0.3, 0.4) is 0 Å². The van der Waals surface area contributed by atoms with Crippen LogP contribution >= 0.6 is 27.5 Å². The average Bonchev–Trinajstić information content (AvgIpc) is 2.14. The second-order valence-corrected chi connectivity index (χ2v) is 3.80. The minimum Gasteiger partial charge on any atom is -0.423 e. The Morgan fingerprint density at radius 1 is 1.50 bits per heavy atom. The van der Waals surface area contributed by atoms with Crippen LogP contribution in [0.1, 0.15) is 0 Å². The molecule has 0 amide bonds. The van der Waals surface area contributed by atoms with Crippen molar-refractivity contribution in [2.45, 2.75) is 0 Å². The minimum absolute atomic E-state index is 0.0530. The van der Waals surface area contributed by atoms with E-state index in [2.05, 4.69) is 20.9 Å². The van der Waals surface area contributed by atoms with Crippen LogP contribution in [0.4, 0.5) is 0 Å². The van der Waals surface area contributed by atoms with Gasteiger partial charge in [0.2, 0.25) is 4.73 Å². The highest BCUT2D eigenvalue weighted by Crippen LogP contribution is 2.16. The van der Waals surface area contributed by atoms with Crippen molar-refractivity contribution >= 4 is 38.4 Å². The Kier molecular flexibility index (Phi) is 2.20. The third kappa shape index (κ3) is 1.38. The lowest BCUT2D eigenvalue weighted by atomic mass is 10.2. The molecule has 0 unspecified atom stereocenters. The van der Waals surface area contributed by atoms with E-state index in [0.29, 0.717) is 20.7 Å². The summed E-state index contributed by atoms with van der Waals surface area (Å²) in [6.45, 7) is 0. The lowest BCUT2D eigenvalue weighted by molar-refractivity contribution is 0.165. The van der Waals surface area contributed by atoms with Gasteiger partial charge in [0.1, 0.15) is 0 Å². The summed E-state index contributed by atoms with van der Waals surface area (Å²) in [4.78, 5) is 15.4. The zero-order valence-electron chi connectivity index (χ0n) is 6.74. The second kappa shape index (κ2) is 3.25. The van der Waals surface area contributed by atoms with Crippen molar-refractivity contribution in [2.24, 2.45) is 0 Å². The van der Waals surface area contributed by atoms with E-state index in [1.807, 2.05) is 0 Å². The number of hydrogen-bond acceptors (Lipinski definition) is 3. The Morgan fingerprint density at radius 2 is 2.21 bits per heavy atom. The maximum absolute atomic E-state index is 11.5. The van der Waals surface area contributed by atoms with Crippen molar-refractivity contribution in [2.75, 3.05) is 0 Å². The highest BCUT2D eigenvalue weighted by Gasteiger charge is 2.07. The first-order valence-electron chi connectivity index (χ1n) is 3.66. The molecular weight excluding hydrogens is 271 g/mol. The van der Waals surface area contributed by atoms with Gasteiger partial charge in [-0.15, -0.1) is 4.73 Å². The van der Waals surface area contributed by atoms with E-state index in [1.54, 1.807) is 12.1 Å². The van der Waals surface area contributed by atoms with E-state index >= 15 is 0 Å². The zero-order valence-corrected chi connectivity index (χ0v) is 9.08. The lowest BCUT2D eigenvalue weighted by Gasteiger charge is -2.01. The molecule has 1 heterocycles. The SMILES string of the molecule is O=c1c2ccc(Cl)cc2nc(Br)n1O. The third-order valence-corrected chi connectivity index (χ3v) is 2.52. The van der Waals surface area contributed by atoms with Gasteiger partial charge in [-0.05, 0) is 34.1 Å². The van der Waals surface area contributed by atoms with Crippen LogP contribution in [0.5, 0.6) is 0 Å². The average molecular weight is 275 g/mol. The van der Waals surface area contributed by atoms with Crippen molar-refractivity contribution in [1.82, 2.24) is 9.71 Å². The summed E-state index contributed by atoms with van der Waals surface area (Å²) >= 11 is 8.69. The van der Waals surface area contributed by atoms with Crippen molar-refractivity contribution < 1.29 is 5.21 Å². The summed E-state index contributed by atoms with van der Waals surface area (Å²) < 4.78 is 0.494. The zero-order chi connectivity index (χ0) is 10.3. The molecule has 0 saturated carbocycles. The first-order chi connectivity index (χ1) is 6.59. The number of benzene rings is 1. The van der Waals surface area contributed by atoms with E-state index < -0.39 is 5.56 Å². The molecule has 6 heteroatoms. The van der Waals surface area contributed by atoms with Crippen LogP contribution in [-0.4, -0.2) is 14.9 Å². The van der Waals surface area contributed by atoms with Gasteiger partial charge in [-0.3, -0.25) is 4.79 Å². The molecule has 4 nitrogen and oxygen atoms in total. The molecule has 0 fully saturated rings. The topological polar surface area (TPSA) is 55.1 Å². The van der Waals surface area contributed by atoms with E-state index in [1.165, 1.54) is 6.07 Å². The van der Waals surface area contributed by atoms with Gasteiger partial charge in [0.25, 0.3) is 5.56 Å². The Balaban J connectivity index is 2.98. The quantitative estimate of drug-likeness (QED) is 0.591. The molecule has 0 spiro atoms. The van der Waals surface area contributed by atoms with Gasteiger partial charge in [0, 0.05) is 5.02 Å². The molecule has 1 aromatic heterocycles. The number of halogens is 2. The van der Waals surface area contributed by atoms with Gasteiger partial charge in [-0.2, -0.15) is 0 Å². The molecule has 2 aromatic rings. The summed E-state index contributed by atoms with van der Waals surface area (Å²) in [5.74, 6) is 0. The van der Waals surface area contributed by atoms with Crippen LogP contribution in [0, 0.1) is 0 Å². The molecule has 14 heavy (non-hydrogen) atoms. The summed E-state index contributed by atoms with van der Waals surface area (Å²) in [5, 5.41) is 10.0. The number of nitrogens with zero attached hydrogens (tertiary/aromatic N) is 2. The van der Waals surface area contributed by atoms with Crippen LogP contribution in [-0.2, 0) is 0 Å².